The third-order valence-corrected chi connectivity index (χ3v) is 5.93. The minimum atomic E-state index is -0.210. The molecule has 3 aromatic carbocycles. The van der Waals surface area contributed by atoms with Crippen LogP contribution in [0, 0.1) is 12.7 Å². The Morgan fingerprint density at radius 3 is 2.55 bits per heavy atom. The number of hydrogen-bond donors (Lipinski definition) is 0. The van der Waals surface area contributed by atoms with Crippen LogP contribution in [-0.2, 0) is 11.4 Å². The molecular formula is C27H28FNO2. The molecule has 1 atom stereocenters. The average molecular weight is 418 g/mol. The predicted molar refractivity (Wildman–Crippen MR) is 123 cm³/mol. The van der Waals surface area contributed by atoms with Crippen molar-refractivity contribution in [2.45, 2.75) is 45.8 Å². The number of ether oxygens (including phenoxy) is 1. The van der Waals surface area contributed by atoms with Gasteiger partial charge in [0.15, 0.2) is 0 Å². The van der Waals surface area contributed by atoms with E-state index in [1.807, 2.05) is 43.3 Å². The Balaban J connectivity index is 1.40. The van der Waals surface area contributed by atoms with Crippen molar-refractivity contribution in [2.24, 2.45) is 0 Å². The first-order valence-corrected chi connectivity index (χ1v) is 10.8. The molecule has 1 saturated heterocycles. The maximum atomic E-state index is 14.1. The van der Waals surface area contributed by atoms with Crippen LogP contribution >= 0.6 is 0 Å². The van der Waals surface area contributed by atoms with Crippen LogP contribution in [0.5, 0.6) is 5.75 Å². The van der Waals surface area contributed by atoms with Crippen molar-refractivity contribution < 1.29 is 13.9 Å². The molecule has 0 bridgehead atoms. The number of carbonyl (C=O) groups excluding carboxylic acids is 1. The number of halogens is 1. The van der Waals surface area contributed by atoms with Gasteiger partial charge in [0.05, 0.1) is 0 Å². The number of nitrogens with zero attached hydrogens (tertiary/aromatic N) is 1. The first-order chi connectivity index (χ1) is 15.0. The highest BCUT2D eigenvalue weighted by molar-refractivity contribution is 5.77. The number of anilines is 1. The third kappa shape index (κ3) is 4.96. The fourth-order valence-corrected chi connectivity index (χ4v) is 4.42. The van der Waals surface area contributed by atoms with E-state index in [-0.39, 0.29) is 11.6 Å². The van der Waals surface area contributed by atoms with Gasteiger partial charge >= 0.3 is 0 Å². The lowest BCUT2D eigenvalue weighted by atomic mass is 9.98. The molecule has 31 heavy (non-hydrogen) atoms. The summed E-state index contributed by atoms with van der Waals surface area (Å²) in [6.45, 7) is 5.10. The summed E-state index contributed by atoms with van der Waals surface area (Å²) in [5.74, 6) is 0.841. The number of hydrogen-bond acceptors (Lipinski definition) is 3. The average Bonchev–Trinajstić information content (AvgIpc) is 3.21. The van der Waals surface area contributed by atoms with E-state index in [2.05, 4.69) is 17.0 Å². The maximum absolute atomic E-state index is 14.1. The van der Waals surface area contributed by atoms with Crippen LogP contribution in [0.2, 0.25) is 0 Å². The molecule has 0 spiro atoms. The number of benzene rings is 3. The zero-order chi connectivity index (χ0) is 21.8. The SMILES string of the molecule is CC(=O)CC1CCCN1c1ccc(OCc2ccc(-c3ccccc3F)c(C)c2)cc1. The predicted octanol–water partition coefficient (Wildman–Crippen LogP) is 6.33. The van der Waals surface area contributed by atoms with Crippen LogP contribution in [0.4, 0.5) is 10.1 Å². The lowest BCUT2D eigenvalue weighted by molar-refractivity contribution is -0.117. The standard InChI is InChI=1S/C27H28FNO2/c1-19-16-21(9-14-25(19)26-7-3-4-8-27(26)28)18-31-24-12-10-22(11-13-24)29-15-5-6-23(29)17-20(2)30/h3-4,7-14,16,23H,5-6,15,17-18H2,1-2H3. The maximum Gasteiger partial charge on any atom is 0.131 e. The van der Waals surface area contributed by atoms with Gasteiger partial charge in [-0.15, -0.1) is 0 Å². The van der Waals surface area contributed by atoms with E-state index in [0.29, 0.717) is 24.6 Å². The highest BCUT2D eigenvalue weighted by atomic mass is 19.1. The molecule has 1 aliphatic rings. The molecular weight excluding hydrogens is 389 g/mol. The van der Waals surface area contributed by atoms with Crippen molar-refractivity contribution in [3.63, 3.8) is 0 Å². The molecule has 1 unspecified atom stereocenters. The van der Waals surface area contributed by atoms with Crippen molar-refractivity contribution in [3.8, 4) is 16.9 Å². The summed E-state index contributed by atoms with van der Waals surface area (Å²) in [4.78, 5) is 13.9. The van der Waals surface area contributed by atoms with Crippen LogP contribution in [0.25, 0.3) is 11.1 Å². The van der Waals surface area contributed by atoms with Gasteiger partial charge in [-0.1, -0.05) is 36.4 Å². The van der Waals surface area contributed by atoms with E-state index in [9.17, 15) is 9.18 Å². The molecule has 4 heteroatoms. The molecule has 4 rings (SSSR count). The van der Waals surface area contributed by atoms with E-state index >= 15 is 0 Å². The molecule has 3 aromatic rings. The molecule has 1 fully saturated rings. The van der Waals surface area contributed by atoms with Gasteiger partial charge in [-0.2, -0.15) is 0 Å². The quantitative estimate of drug-likeness (QED) is 0.450. The molecule has 0 saturated carbocycles. The van der Waals surface area contributed by atoms with E-state index in [4.69, 9.17) is 4.74 Å². The van der Waals surface area contributed by atoms with Gasteiger partial charge in [0.2, 0.25) is 0 Å². The van der Waals surface area contributed by atoms with Crippen molar-refractivity contribution in [3.05, 3.63) is 83.7 Å². The molecule has 1 heterocycles. The Morgan fingerprint density at radius 1 is 1.06 bits per heavy atom. The van der Waals surface area contributed by atoms with Crippen molar-refractivity contribution in [1.29, 1.82) is 0 Å². The minimum Gasteiger partial charge on any atom is -0.489 e. The summed E-state index contributed by atoms with van der Waals surface area (Å²) in [6, 6.07) is 21.2. The summed E-state index contributed by atoms with van der Waals surface area (Å²) in [5, 5.41) is 0. The van der Waals surface area contributed by atoms with Gasteiger partial charge in [-0.25, -0.2) is 4.39 Å². The first kappa shape index (κ1) is 21.1. The van der Waals surface area contributed by atoms with E-state index in [0.717, 1.165) is 47.5 Å². The van der Waals surface area contributed by atoms with E-state index in [1.165, 1.54) is 6.07 Å². The number of carbonyl (C=O) groups is 1. The highest BCUT2D eigenvalue weighted by Crippen LogP contribution is 2.30. The second-order valence-corrected chi connectivity index (χ2v) is 8.31. The molecule has 3 nitrogen and oxygen atoms in total. The number of Topliss-reactive ketones (excluding diaryl/α,β-unsaturated/α-hetero) is 1. The molecule has 1 aliphatic heterocycles. The number of ketones is 1. The molecule has 0 radical (unpaired) electrons. The van der Waals surface area contributed by atoms with Crippen LogP contribution < -0.4 is 9.64 Å². The Kier molecular flexibility index (Phi) is 6.36. The topological polar surface area (TPSA) is 29.5 Å². The molecule has 0 amide bonds. The van der Waals surface area contributed by atoms with Crippen molar-refractivity contribution >= 4 is 11.5 Å². The van der Waals surface area contributed by atoms with Crippen LogP contribution in [0.15, 0.2) is 66.7 Å². The largest absolute Gasteiger partial charge is 0.489 e. The molecule has 0 aliphatic carbocycles. The Morgan fingerprint density at radius 2 is 1.84 bits per heavy atom. The summed E-state index contributed by atoms with van der Waals surface area (Å²) >= 11 is 0. The second-order valence-electron chi connectivity index (χ2n) is 8.31. The smallest absolute Gasteiger partial charge is 0.131 e. The van der Waals surface area contributed by atoms with E-state index < -0.39 is 0 Å². The van der Waals surface area contributed by atoms with Gasteiger partial charge in [0.1, 0.15) is 24.0 Å². The molecule has 160 valence electrons. The van der Waals surface area contributed by atoms with Gasteiger partial charge in [0.25, 0.3) is 0 Å². The number of aryl methyl sites for hydroxylation is 1. The zero-order valence-electron chi connectivity index (χ0n) is 18.1. The van der Waals surface area contributed by atoms with Crippen LogP contribution in [0.3, 0.4) is 0 Å². The second kappa shape index (κ2) is 9.34. The monoisotopic (exact) mass is 417 g/mol. The summed E-state index contributed by atoms with van der Waals surface area (Å²) in [5.41, 5.74) is 4.72. The Bertz CT molecular complexity index is 1060. The van der Waals surface area contributed by atoms with Crippen molar-refractivity contribution in [1.82, 2.24) is 0 Å². The van der Waals surface area contributed by atoms with Gasteiger partial charge < -0.3 is 9.64 Å². The third-order valence-electron chi connectivity index (χ3n) is 5.93. The van der Waals surface area contributed by atoms with Gasteiger partial charge in [-0.05, 0) is 73.7 Å². The summed E-state index contributed by atoms with van der Waals surface area (Å²) in [7, 11) is 0. The van der Waals surface area contributed by atoms with Crippen molar-refractivity contribution in [2.75, 3.05) is 11.4 Å². The fraction of sp³-hybridized carbons (Fsp3) is 0.296. The minimum absolute atomic E-state index is 0.210. The van der Waals surface area contributed by atoms with Gasteiger partial charge in [0, 0.05) is 30.3 Å². The van der Waals surface area contributed by atoms with Crippen LogP contribution in [-0.4, -0.2) is 18.4 Å². The Hall–Kier alpha value is -3.14. The lowest BCUT2D eigenvalue weighted by Crippen LogP contribution is -2.30. The summed E-state index contributed by atoms with van der Waals surface area (Å²) < 4.78 is 20.1. The highest BCUT2D eigenvalue weighted by Gasteiger charge is 2.25. The lowest BCUT2D eigenvalue weighted by Gasteiger charge is -2.26. The molecule has 0 N–H and O–H groups in total. The first-order valence-electron chi connectivity index (χ1n) is 10.8. The van der Waals surface area contributed by atoms with E-state index in [1.54, 1.807) is 19.1 Å². The molecule has 0 aromatic heterocycles. The van der Waals surface area contributed by atoms with Gasteiger partial charge in [-0.3, -0.25) is 4.79 Å². The summed E-state index contributed by atoms with van der Waals surface area (Å²) in [6.07, 6.45) is 2.80. The normalized spacial score (nSPS) is 15.8. The Labute approximate surface area is 183 Å². The van der Waals surface area contributed by atoms with Crippen LogP contribution in [0.1, 0.15) is 37.3 Å². The fourth-order valence-electron chi connectivity index (χ4n) is 4.42. The zero-order valence-corrected chi connectivity index (χ0v) is 18.1. The number of rotatable bonds is 7.